The van der Waals surface area contributed by atoms with Crippen molar-refractivity contribution in [2.24, 2.45) is 0 Å². The van der Waals surface area contributed by atoms with E-state index in [1.807, 2.05) is 47.3 Å². The Kier molecular flexibility index (Phi) is 5.67. The first-order chi connectivity index (χ1) is 14.2. The van der Waals surface area contributed by atoms with Gasteiger partial charge in [0.2, 0.25) is 0 Å². The molecule has 4 rings (SSSR count). The van der Waals surface area contributed by atoms with Gasteiger partial charge in [0.15, 0.2) is 0 Å². The van der Waals surface area contributed by atoms with Gasteiger partial charge in [-0.1, -0.05) is 12.1 Å². The molecule has 1 N–H and O–H groups in total. The maximum Gasteiger partial charge on any atom is 0.251 e. The lowest BCUT2D eigenvalue weighted by atomic mass is 10.1. The minimum absolute atomic E-state index is 0.111. The Morgan fingerprint density at radius 1 is 1.17 bits per heavy atom. The van der Waals surface area contributed by atoms with E-state index in [-0.39, 0.29) is 11.9 Å². The summed E-state index contributed by atoms with van der Waals surface area (Å²) >= 11 is 1.54. The van der Waals surface area contributed by atoms with E-state index in [9.17, 15) is 4.79 Å². The van der Waals surface area contributed by atoms with Gasteiger partial charge in [-0.3, -0.25) is 4.79 Å². The molecular formula is C22H20N4O2S. The van der Waals surface area contributed by atoms with Crippen LogP contribution in [0.5, 0.6) is 5.75 Å². The van der Waals surface area contributed by atoms with Crippen molar-refractivity contribution in [1.82, 2.24) is 19.9 Å². The van der Waals surface area contributed by atoms with Gasteiger partial charge in [-0.2, -0.15) is 0 Å². The molecule has 1 amide bonds. The quantitative estimate of drug-likeness (QED) is 0.496. The summed E-state index contributed by atoms with van der Waals surface area (Å²) in [6, 6.07) is 15.0. The number of imidazole rings is 1. The molecule has 1 atom stereocenters. The molecule has 0 aliphatic heterocycles. The van der Waals surface area contributed by atoms with Crippen LogP contribution in [0.25, 0.3) is 5.69 Å². The summed E-state index contributed by atoms with van der Waals surface area (Å²) in [6.45, 7) is 2.39. The Balaban J connectivity index is 1.34. The summed E-state index contributed by atoms with van der Waals surface area (Å²) in [6.07, 6.45) is 5.39. The smallest absolute Gasteiger partial charge is 0.251 e. The number of benzene rings is 2. The molecule has 0 spiro atoms. The second kappa shape index (κ2) is 8.70. The van der Waals surface area contributed by atoms with Crippen molar-refractivity contribution in [3.8, 4) is 11.4 Å². The first-order valence-electron chi connectivity index (χ1n) is 9.18. The van der Waals surface area contributed by atoms with Crippen LogP contribution in [0, 0.1) is 0 Å². The van der Waals surface area contributed by atoms with Crippen molar-refractivity contribution < 1.29 is 9.53 Å². The zero-order valence-corrected chi connectivity index (χ0v) is 16.7. The summed E-state index contributed by atoms with van der Waals surface area (Å²) in [4.78, 5) is 20.8. The van der Waals surface area contributed by atoms with Gasteiger partial charge >= 0.3 is 0 Å². The van der Waals surface area contributed by atoms with Gasteiger partial charge in [-0.25, -0.2) is 9.97 Å². The molecule has 0 aliphatic rings. The van der Waals surface area contributed by atoms with Crippen molar-refractivity contribution >= 4 is 17.2 Å². The van der Waals surface area contributed by atoms with Crippen molar-refractivity contribution in [3.05, 3.63) is 95.0 Å². The molecule has 7 heteroatoms. The van der Waals surface area contributed by atoms with Crippen LogP contribution in [-0.2, 0) is 6.61 Å². The van der Waals surface area contributed by atoms with Gasteiger partial charge < -0.3 is 14.6 Å². The van der Waals surface area contributed by atoms with E-state index in [2.05, 4.69) is 15.3 Å². The van der Waals surface area contributed by atoms with Gasteiger partial charge in [-0.05, 0) is 48.9 Å². The Morgan fingerprint density at radius 3 is 2.62 bits per heavy atom. The van der Waals surface area contributed by atoms with Crippen LogP contribution in [-0.4, -0.2) is 20.4 Å². The van der Waals surface area contributed by atoms with E-state index in [1.165, 1.54) is 11.3 Å². The lowest BCUT2D eigenvalue weighted by Crippen LogP contribution is -2.26. The van der Waals surface area contributed by atoms with Crippen LogP contribution in [0.4, 0.5) is 0 Å². The van der Waals surface area contributed by atoms with Crippen LogP contribution in [0.3, 0.4) is 0 Å². The number of thiazole rings is 1. The van der Waals surface area contributed by atoms with E-state index in [0.717, 1.165) is 16.9 Å². The molecular weight excluding hydrogens is 384 g/mol. The van der Waals surface area contributed by atoms with Crippen molar-refractivity contribution in [3.63, 3.8) is 0 Å². The second-order valence-corrected chi connectivity index (χ2v) is 7.27. The zero-order valence-electron chi connectivity index (χ0n) is 15.9. The standard InChI is InChI=1S/C22H20N4O2S/c1-16(17-2-6-20(7-3-17)26-11-10-23-14-26)25-22(27)18-4-8-21(9-5-18)28-12-19-13-29-15-24-19/h2-11,13-16H,12H2,1H3,(H,25,27)/t16-/m1/s1. The molecule has 6 nitrogen and oxygen atoms in total. The number of aromatic nitrogens is 3. The predicted octanol–water partition coefficient (Wildman–Crippen LogP) is 4.40. The zero-order chi connectivity index (χ0) is 20.1. The lowest BCUT2D eigenvalue weighted by Gasteiger charge is -2.15. The highest BCUT2D eigenvalue weighted by molar-refractivity contribution is 7.07. The Bertz CT molecular complexity index is 1040. The predicted molar refractivity (Wildman–Crippen MR) is 112 cm³/mol. The molecule has 0 radical (unpaired) electrons. The van der Waals surface area contributed by atoms with Crippen LogP contribution in [0.1, 0.15) is 34.6 Å². The van der Waals surface area contributed by atoms with Crippen LogP contribution >= 0.6 is 11.3 Å². The summed E-state index contributed by atoms with van der Waals surface area (Å²) in [5, 5.41) is 4.98. The fourth-order valence-electron chi connectivity index (χ4n) is 2.88. The minimum atomic E-state index is -0.123. The van der Waals surface area contributed by atoms with E-state index in [1.54, 1.807) is 42.3 Å². The van der Waals surface area contributed by atoms with Crippen LogP contribution in [0.15, 0.2) is 78.1 Å². The number of rotatable bonds is 7. The second-order valence-electron chi connectivity index (χ2n) is 6.55. The Labute approximate surface area is 172 Å². The molecule has 4 aromatic rings. The molecule has 0 bridgehead atoms. The van der Waals surface area contributed by atoms with Crippen molar-refractivity contribution in [2.45, 2.75) is 19.6 Å². The number of carbonyl (C=O) groups is 1. The number of hydrogen-bond acceptors (Lipinski definition) is 5. The monoisotopic (exact) mass is 404 g/mol. The molecule has 0 aliphatic carbocycles. The van der Waals surface area contributed by atoms with Gasteiger partial charge in [0.1, 0.15) is 12.4 Å². The lowest BCUT2D eigenvalue weighted by molar-refractivity contribution is 0.0940. The third-order valence-corrected chi connectivity index (χ3v) is 5.17. The van der Waals surface area contributed by atoms with Gasteiger partial charge in [-0.15, -0.1) is 11.3 Å². The number of nitrogens with zero attached hydrogens (tertiary/aromatic N) is 3. The number of hydrogen-bond donors (Lipinski definition) is 1. The Hall–Kier alpha value is -3.45. The van der Waals surface area contributed by atoms with E-state index in [4.69, 9.17) is 4.74 Å². The average molecular weight is 404 g/mol. The highest BCUT2D eigenvalue weighted by Gasteiger charge is 2.12. The molecule has 0 saturated carbocycles. The van der Waals surface area contributed by atoms with Crippen LogP contribution < -0.4 is 10.1 Å². The molecule has 146 valence electrons. The van der Waals surface area contributed by atoms with Gasteiger partial charge in [0.05, 0.1) is 23.6 Å². The normalized spacial score (nSPS) is 11.8. The SMILES string of the molecule is C[C@@H](NC(=O)c1ccc(OCc2cscn2)cc1)c1ccc(-n2ccnc2)cc1. The number of carbonyl (C=O) groups excluding carboxylic acids is 1. The first kappa shape index (κ1) is 18.9. The largest absolute Gasteiger partial charge is 0.487 e. The third kappa shape index (κ3) is 4.70. The van der Waals surface area contributed by atoms with Crippen molar-refractivity contribution in [2.75, 3.05) is 0 Å². The van der Waals surface area contributed by atoms with E-state index >= 15 is 0 Å². The average Bonchev–Trinajstić information content (AvgIpc) is 3.47. The fourth-order valence-corrected chi connectivity index (χ4v) is 3.42. The highest BCUT2D eigenvalue weighted by Crippen LogP contribution is 2.18. The first-order valence-corrected chi connectivity index (χ1v) is 10.1. The summed E-state index contributed by atoms with van der Waals surface area (Å²) in [5.41, 5.74) is 5.32. The number of ether oxygens (including phenoxy) is 1. The van der Waals surface area contributed by atoms with Crippen LogP contribution in [0.2, 0.25) is 0 Å². The molecule has 0 unspecified atom stereocenters. The number of nitrogens with one attached hydrogen (secondary N) is 1. The molecule has 2 aromatic carbocycles. The summed E-state index contributed by atoms with van der Waals surface area (Å²) < 4.78 is 7.62. The summed E-state index contributed by atoms with van der Waals surface area (Å²) in [5.74, 6) is 0.583. The minimum Gasteiger partial charge on any atom is -0.487 e. The highest BCUT2D eigenvalue weighted by atomic mass is 32.1. The van der Waals surface area contributed by atoms with Crippen molar-refractivity contribution in [1.29, 1.82) is 0 Å². The number of amides is 1. The Morgan fingerprint density at radius 2 is 1.97 bits per heavy atom. The molecule has 0 saturated heterocycles. The van der Waals surface area contributed by atoms with Gasteiger partial charge in [0.25, 0.3) is 5.91 Å². The fraction of sp³-hybridized carbons (Fsp3) is 0.136. The third-order valence-electron chi connectivity index (χ3n) is 4.53. The van der Waals surface area contributed by atoms with E-state index < -0.39 is 0 Å². The molecule has 2 aromatic heterocycles. The maximum absolute atomic E-state index is 12.6. The van der Waals surface area contributed by atoms with Gasteiger partial charge in [0, 0.05) is 29.0 Å². The topological polar surface area (TPSA) is 69.0 Å². The molecule has 0 fully saturated rings. The van der Waals surface area contributed by atoms with E-state index in [0.29, 0.717) is 17.9 Å². The summed E-state index contributed by atoms with van der Waals surface area (Å²) in [7, 11) is 0. The molecule has 29 heavy (non-hydrogen) atoms. The maximum atomic E-state index is 12.6. The molecule has 2 heterocycles.